The Morgan fingerprint density at radius 1 is 1.24 bits per heavy atom. The van der Waals surface area contributed by atoms with Gasteiger partial charge in [-0.3, -0.25) is 9.20 Å². The number of ketones is 1. The first kappa shape index (κ1) is 27.7. The van der Waals surface area contributed by atoms with Gasteiger partial charge in [0.25, 0.3) is 0 Å². The number of halogens is 3. The van der Waals surface area contributed by atoms with Crippen LogP contribution in [0.2, 0.25) is 0 Å². The number of aliphatic hydroxyl groups excluding tert-OH is 2. The van der Waals surface area contributed by atoms with Gasteiger partial charge in [0.15, 0.2) is 0 Å². The molecule has 8 nitrogen and oxygen atoms in total. The first-order valence-electron chi connectivity index (χ1n) is 12.5. The summed E-state index contributed by atoms with van der Waals surface area (Å²) in [6.45, 7) is 2.02. The lowest BCUT2D eigenvalue weighted by Crippen LogP contribution is -2.41. The minimum absolute atomic E-state index is 0.0559. The summed E-state index contributed by atoms with van der Waals surface area (Å²) in [5, 5.41) is 23.7. The molecule has 3 aromatic rings. The van der Waals surface area contributed by atoms with Gasteiger partial charge in [-0.15, -0.1) is 0 Å². The molecule has 1 fully saturated rings. The van der Waals surface area contributed by atoms with Gasteiger partial charge in [-0.1, -0.05) is 23.4 Å². The van der Waals surface area contributed by atoms with Gasteiger partial charge in [0.2, 0.25) is 0 Å². The standard InChI is InChI=1S/C27H31F3N4O4/c28-27(29,30)8-4-23(36)13-19-2-1-3-21(12-19)25-16-31-26-14-20(5-11-34(25)26)15-32-38-18-24(37)17-33-9-6-22(35)7-10-33/h1-3,5,11-12,14-16,22,24,35,37H,4,6-10,13,17-18H2/b32-15-. The van der Waals surface area contributed by atoms with Crippen molar-refractivity contribution in [1.29, 1.82) is 0 Å². The minimum Gasteiger partial charge on any atom is -0.393 e. The van der Waals surface area contributed by atoms with E-state index in [9.17, 15) is 28.2 Å². The number of carbonyl (C=O) groups excluding carboxylic acids is 1. The number of rotatable bonds is 11. The van der Waals surface area contributed by atoms with Crippen molar-refractivity contribution in [2.75, 3.05) is 26.2 Å². The number of benzene rings is 1. The topological polar surface area (TPSA) is 99.7 Å². The third-order valence-corrected chi connectivity index (χ3v) is 6.42. The molecule has 3 heterocycles. The summed E-state index contributed by atoms with van der Waals surface area (Å²) < 4.78 is 39.0. The van der Waals surface area contributed by atoms with Crippen LogP contribution in [0.3, 0.4) is 0 Å². The molecule has 1 aliphatic heterocycles. The summed E-state index contributed by atoms with van der Waals surface area (Å²) in [6.07, 6.45) is -0.524. The Balaban J connectivity index is 1.32. The number of piperidine rings is 1. The summed E-state index contributed by atoms with van der Waals surface area (Å²) >= 11 is 0. The van der Waals surface area contributed by atoms with Crippen LogP contribution < -0.4 is 0 Å². The van der Waals surface area contributed by atoms with Crippen molar-refractivity contribution < 1.29 is 33.0 Å². The number of imidazole rings is 1. The molecule has 1 saturated heterocycles. The van der Waals surface area contributed by atoms with E-state index in [1.165, 1.54) is 6.21 Å². The number of fused-ring (bicyclic) bond motifs is 1. The smallest absolute Gasteiger partial charge is 0.389 e. The molecule has 4 rings (SSSR count). The SMILES string of the molecule is O=C(CCC(F)(F)F)Cc1cccc(-c2cnc3cc(/C=N\OCC(O)CN4CCC(O)CC4)ccn23)c1. The molecule has 38 heavy (non-hydrogen) atoms. The third kappa shape index (κ3) is 8.11. The molecule has 0 radical (unpaired) electrons. The Morgan fingerprint density at radius 3 is 2.79 bits per heavy atom. The Morgan fingerprint density at radius 2 is 2.03 bits per heavy atom. The van der Waals surface area contributed by atoms with Gasteiger partial charge in [-0.2, -0.15) is 13.2 Å². The average molecular weight is 533 g/mol. The van der Waals surface area contributed by atoms with Crippen molar-refractivity contribution in [3.8, 4) is 11.3 Å². The van der Waals surface area contributed by atoms with E-state index in [1.807, 2.05) is 28.8 Å². The van der Waals surface area contributed by atoms with E-state index in [-0.39, 0.29) is 19.1 Å². The van der Waals surface area contributed by atoms with E-state index in [4.69, 9.17) is 4.84 Å². The molecule has 0 saturated carbocycles. The third-order valence-electron chi connectivity index (χ3n) is 6.42. The fourth-order valence-electron chi connectivity index (χ4n) is 4.41. The van der Waals surface area contributed by atoms with Crippen LogP contribution in [-0.4, -0.2) is 81.1 Å². The molecule has 0 aliphatic carbocycles. The first-order valence-corrected chi connectivity index (χ1v) is 12.5. The molecule has 0 bridgehead atoms. The number of alkyl halides is 3. The van der Waals surface area contributed by atoms with Gasteiger partial charge >= 0.3 is 6.18 Å². The summed E-state index contributed by atoms with van der Waals surface area (Å²) in [5.41, 5.74) is 3.62. The van der Waals surface area contributed by atoms with E-state index in [0.717, 1.165) is 29.9 Å². The average Bonchev–Trinajstić information content (AvgIpc) is 3.30. The number of pyridine rings is 1. The van der Waals surface area contributed by atoms with Crippen LogP contribution in [0.5, 0.6) is 0 Å². The Labute approximate surface area is 218 Å². The second-order valence-electron chi connectivity index (χ2n) is 9.58. The fourth-order valence-corrected chi connectivity index (χ4v) is 4.41. The van der Waals surface area contributed by atoms with Gasteiger partial charge < -0.3 is 20.0 Å². The molecule has 1 aliphatic rings. The number of β-amino-alcohol motifs (C(OH)–C–C–N with tert-alkyl or cyclic N) is 1. The molecule has 204 valence electrons. The quantitative estimate of drug-likeness (QED) is 0.289. The Hall–Kier alpha value is -3.28. The van der Waals surface area contributed by atoms with Gasteiger partial charge in [0, 0.05) is 49.8 Å². The largest absolute Gasteiger partial charge is 0.393 e. The van der Waals surface area contributed by atoms with Crippen LogP contribution >= 0.6 is 0 Å². The maximum absolute atomic E-state index is 12.4. The lowest BCUT2D eigenvalue weighted by molar-refractivity contribution is -0.143. The molecule has 11 heteroatoms. The van der Waals surface area contributed by atoms with E-state index in [0.29, 0.717) is 30.6 Å². The lowest BCUT2D eigenvalue weighted by Gasteiger charge is -2.30. The zero-order valence-corrected chi connectivity index (χ0v) is 20.8. The summed E-state index contributed by atoms with van der Waals surface area (Å²) in [6, 6.07) is 10.8. The summed E-state index contributed by atoms with van der Waals surface area (Å²) in [4.78, 5) is 23.8. The Kier molecular flexibility index (Phi) is 9.13. The van der Waals surface area contributed by atoms with Gasteiger partial charge in [0.1, 0.15) is 24.1 Å². The number of hydrogen-bond donors (Lipinski definition) is 2. The zero-order chi connectivity index (χ0) is 27.1. The number of hydrogen-bond acceptors (Lipinski definition) is 7. The highest BCUT2D eigenvalue weighted by atomic mass is 19.4. The van der Waals surface area contributed by atoms with E-state index >= 15 is 0 Å². The molecular weight excluding hydrogens is 501 g/mol. The molecule has 1 aromatic carbocycles. The maximum Gasteiger partial charge on any atom is 0.389 e. The number of nitrogens with zero attached hydrogens (tertiary/aromatic N) is 4. The van der Waals surface area contributed by atoms with Crippen molar-refractivity contribution >= 4 is 17.6 Å². The van der Waals surface area contributed by atoms with Crippen molar-refractivity contribution in [3.05, 3.63) is 59.9 Å². The number of aliphatic hydroxyl groups is 2. The predicted octanol–water partition coefficient (Wildman–Crippen LogP) is 3.62. The summed E-state index contributed by atoms with van der Waals surface area (Å²) in [7, 11) is 0. The van der Waals surface area contributed by atoms with Crippen LogP contribution in [-0.2, 0) is 16.1 Å². The highest BCUT2D eigenvalue weighted by Gasteiger charge is 2.27. The molecule has 0 amide bonds. The lowest BCUT2D eigenvalue weighted by atomic mass is 10.0. The van der Waals surface area contributed by atoms with Crippen molar-refractivity contribution in [2.24, 2.45) is 5.16 Å². The fraction of sp³-hybridized carbons (Fsp3) is 0.444. The van der Waals surface area contributed by atoms with Crippen LogP contribution in [0.25, 0.3) is 16.9 Å². The second-order valence-corrected chi connectivity index (χ2v) is 9.58. The monoisotopic (exact) mass is 532 g/mol. The van der Waals surface area contributed by atoms with Gasteiger partial charge in [-0.05, 0) is 36.6 Å². The Bertz CT molecular complexity index is 1250. The van der Waals surface area contributed by atoms with Crippen molar-refractivity contribution in [2.45, 2.75) is 50.5 Å². The number of aromatic nitrogens is 2. The number of likely N-dealkylation sites (tertiary alicyclic amines) is 1. The number of carbonyl (C=O) groups is 1. The van der Waals surface area contributed by atoms with Gasteiger partial charge in [0.05, 0.1) is 30.6 Å². The van der Waals surface area contributed by atoms with Crippen LogP contribution in [0.4, 0.5) is 13.2 Å². The van der Waals surface area contributed by atoms with Crippen molar-refractivity contribution in [3.63, 3.8) is 0 Å². The summed E-state index contributed by atoms with van der Waals surface area (Å²) in [5.74, 6) is -0.456. The van der Waals surface area contributed by atoms with Crippen LogP contribution in [0, 0.1) is 0 Å². The van der Waals surface area contributed by atoms with E-state index in [2.05, 4.69) is 15.0 Å². The highest BCUT2D eigenvalue weighted by molar-refractivity contribution is 5.82. The predicted molar refractivity (Wildman–Crippen MR) is 136 cm³/mol. The number of oxime groups is 1. The first-order chi connectivity index (χ1) is 18.2. The molecule has 1 atom stereocenters. The van der Waals surface area contributed by atoms with E-state index < -0.39 is 30.9 Å². The highest BCUT2D eigenvalue weighted by Crippen LogP contribution is 2.24. The van der Waals surface area contributed by atoms with Crippen molar-refractivity contribution in [1.82, 2.24) is 14.3 Å². The van der Waals surface area contributed by atoms with Crippen LogP contribution in [0.15, 0.2) is 53.9 Å². The molecular formula is C27H31F3N4O4. The normalized spacial score (nSPS) is 16.3. The molecule has 0 spiro atoms. The van der Waals surface area contributed by atoms with Gasteiger partial charge in [-0.25, -0.2) is 4.98 Å². The number of Topliss-reactive ketones (excluding diaryl/α,β-unsaturated/α-hetero) is 1. The molecule has 2 N–H and O–H groups in total. The molecule has 2 aromatic heterocycles. The minimum atomic E-state index is -4.34. The second kappa shape index (κ2) is 12.5. The molecule has 1 unspecified atom stereocenters. The zero-order valence-electron chi connectivity index (χ0n) is 20.8. The van der Waals surface area contributed by atoms with Crippen LogP contribution in [0.1, 0.15) is 36.8 Å². The van der Waals surface area contributed by atoms with E-state index in [1.54, 1.807) is 24.4 Å². The maximum atomic E-state index is 12.4.